The normalized spacial score (nSPS) is 24.4. The molecule has 0 radical (unpaired) electrons. The second-order valence-electron chi connectivity index (χ2n) is 6.25. The third-order valence-electron chi connectivity index (χ3n) is 4.77. The number of carbonyl (C=O) groups excluding carboxylic acids is 2. The molecule has 3 nitrogen and oxygen atoms in total. The lowest BCUT2D eigenvalue weighted by atomic mass is 9.82. The molecule has 0 N–H and O–H groups in total. The van der Waals surface area contributed by atoms with E-state index in [-0.39, 0.29) is 5.78 Å². The van der Waals surface area contributed by atoms with Crippen LogP contribution in [0.25, 0.3) is 0 Å². The van der Waals surface area contributed by atoms with Gasteiger partial charge in [-0.3, -0.25) is 9.59 Å². The van der Waals surface area contributed by atoms with Crippen LogP contribution in [0.5, 0.6) is 0 Å². The maximum absolute atomic E-state index is 13.0. The summed E-state index contributed by atoms with van der Waals surface area (Å²) in [6, 6.07) is 3.55. The Kier molecular flexibility index (Phi) is 4.34. The van der Waals surface area contributed by atoms with Crippen LogP contribution in [0, 0.1) is 6.92 Å². The summed E-state index contributed by atoms with van der Waals surface area (Å²) in [7, 11) is 0. The van der Waals surface area contributed by atoms with Crippen molar-refractivity contribution in [3.63, 3.8) is 0 Å². The summed E-state index contributed by atoms with van der Waals surface area (Å²) >= 11 is 9.52. The average molecular weight is 386 g/mol. The van der Waals surface area contributed by atoms with Gasteiger partial charge in [0.1, 0.15) is 5.92 Å². The summed E-state index contributed by atoms with van der Waals surface area (Å²) in [6.45, 7) is 1.88. The van der Waals surface area contributed by atoms with Gasteiger partial charge in [-0.15, -0.1) is 0 Å². The van der Waals surface area contributed by atoms with Gasteiger partial charge in [0.25, 0.3) is 0 Å². The number of hydrogen-bond acceptors (Lipinski definition) is 3. The minimum Gasteiger partial charge on any atom is -0.450 e. The van der Waals surface area contributed by atoms with Gasteiger partial charge >= 0.3 is 5.97 Å². The first-order chi connectivity index (χ1) is 10.4. The molecule has 2 aliphatic rings. The standard InChI is InChI=1S/C17H18BrClO3/c1-10-8-12(18)13(19)9-11(10)14-15(20)17(22-16(14)21)6-4-2-3-5-7-17/h8-9,14H,2-7H2,1H3. The van der Waals surface area contributed by atoms with Crippen molar-refractivity contribution in [2.45, 2.75) is 57.0 Å². The molecule has 0 aromatic heterocycles. The van der Waals surface area contributed by atoms with E-state index >= 15 is 0 Å². The molecule has 1 aliphatic heterocycles. The summed E-state index contributed by atoms with van der Waals surface area (Å²) in [4.78, 5) is 25.4. The van der Waals surface area contributed by atoms with Crippen LogP contribution in [-0.4, -0.2) is 17.4 Å². The van der Waals surface area contributed by atoms with Gasteiger partial charge in [0, 0.05) is 4.47 Å². The fraction of sp³-hybridized carbons (Fsp3) is 0.529. The Morgan fingerprint density at radius 1 is 1.18 bits per heavy atom. The zero-order chi connectivity index (χ0) is 15.9. The minimum atomic E-state index is -0.899. The maximum Gasteiger partial charge on any atom is 0.322 e. The topological polar surface area (TPSA) is 43.4 Å². The lowest BCUT2D eigenvalue weighted by molar-refractivity contribution is -0.153. The number of ketones is 1. The first-order valence-corrected chi connectivity index (χ1v) is 8.84. The van der Waals surface area contributed by atoms with E-state index in [1.807, 2.05) is 13.0 Å². The smallest absolute Gasteiger partial charge is 0.322 e. The van der Waals surface area contributed by atoms with Crippen molar-refractivity contribution in [3.05, 3.63) is 32.8 Å². The molecule has 3 rings (SSSR count). The van der Waals surface area contributed by atoms with Crippen LogP contribution < -0.4 is 0 Å². The van der Waals surface area contributed by atoms with Gasteiger partial charge in [-0.05, 0) is 71.8 Å². The van der Waals surface area contributed by atoms with Crippen molar-refractivity contribution in [2.24, 2.45) is 0 Å². The van der Waals surface area contributed by atoms with Crippen molar-refractivity contribution in [3.8, 4) is 0 Å². The maximum atomic E-state index is 13.0. The van der Waals surface area contributed by atoms with E-state index in [9.17, 15) is 9.59 Å². The molecule has 1 saturated heterocycles. The predicted molar refractivity (Wildman–Crippen MR) is 88.2 cm³/mol. The number of esters is 1. The number of rotatable bonds is 1. The summed E-state index contributed by atoms with van der Waals surface area (Å²) < 4.78 is 6.39. The molecule has 5 heteroatoms. The van der Waals surface area contributed by atoms with Gasteiger partial charge in [-0.25, -0.2) is 0 Å². The van der Waals surface area contributed by atoms with Crippen LogP contribution in [0.15, 0.2) is 16.6 Å². The Morgan fingerprint density at radius 3 is 2.45 bits per heavy atom. The van der Waals surface area contributed by atoms with Crippen molar-refractivity contribution < 1.29 is 14.3 Å². The van der Waals surface area contributed by atoms with Crippen LogP contribution in [-0.2, 0) is 14.3 Å². The van der Waals surface area contributed by atoms with E-state index in [4.69, 9.17) is 16.3 Å². The molecular weight excluding hydrogens is 368 g/mol. The van der Waals surface area contributed by atoms with Crippen molar-refractivity contribution >= 4 is 39.3 Å². The Bertz CT molecular complexity index is 633. The molecule has 0 amide bonds. The zero-order valence-electron chi connectivity index (χ0n) is 12.5. The van der Waals surface area contributed by atoms with Crippen molar-refractivity contribution in [1.29, 1.82) is 0 Å². The zero-order valence-corrected chi connectivity index (χ0v) is 14.8. The van der Waals surface area contributed by atoms with Crippen LogP contribution >= 0.6 is 27.5 Å². The largest absolute Gasteiger partial charge is 0.450 e. The summed E-state index contributed by atoms with van der Waals surface area (Å²) in [5, 5.41) is 0.503. The lowest BCUT2D eigenvalue weighted by Crippen LogP contribution is -2.36. The van der Waals surface area contributed by atoms with Crippen LogP contribution in [0.1, 0.15) is 55.6 Å². The Balaban J connectivity index is 2.00. The number of benzene rings is 1. The molecule has 1 saturated carbocycles. The van der Waals surface area contributed by atoms with Crippen LogP contribution in [0.4, 0.5) is 0 Å². The molecule has 1 aliphatic carbocycles. The van der Waals surface area contributed by atoms with Crippen molar-refractivity contribution in [2.75, 3.05) is 0 Å². The van der Waals surface area contributed by atoms with E-state index in [1.54, 1.807) is 6.07 Å². The number of ether oxygens (including phenoxy) is 1. The predicted octanol–water partition coefficient (Wildman–Crippen LogP) is 4.71. The van der Waals surface area contributed by atoms with E-state index < -0.39 is 17.5 Å². The molecule has 1 spiro atoms. The van der Waals surface area contributed by atoms with Gasteiger partial charge in [0.15, 0.2) is 11.4 Å². The molecule has 1 aromatic rings. The number of carbonyl (C=O) groups is 2. The van der Waals surface area contributed by atoms with E-state index in [0.717, 1.165) is 35.7 Å². The molecule has 1 unspecified atom stereocenters. The number of aryl methyl sites for hydroxylation is 1. The quantitative estimate of drug-likeness (QED) is 0.519. The highest BCUT2D eigenvalue weighted by molar-refractivity contribution is 9.10. The molecular formula is C17H18BrClO3. The Morgan fingerprint density at radius 2 is 1.82 bits per heavy atom. The fourth-order valence-electron chi connectivity index (χ4n) is 3.56. The highest BCUT2D eigenvalue weighted by Crippen LogP contribution is 2.44. The van der Waals surface area contributed by atoms with E-state index in [1.165, 1.54) is 0 Å². The SMILES string of the molecule is Cc1cc(Br)c(Cl)cc1C1C(=O)OC2(CCCCCC2)C1=O. The summed E-state index contributed by atoms with van der Waals surface area (Å²) in [5.41, 5.74) is 0.645. The Labute approximate surface area is 143 Å². The molecule has 1 heterocycles. The van der Waals surface area contributed by atoms with Crippen LogP contribution in [0.2, 0.25) is 5.02 Å². The highest BCUT2D eigenvalue weighted by Gasteiger charge is 2.55. The van der Waals surface area contributed by atoms with E-state index in [2.05, 4.69) is 15.9 Å². The molecule has 22 heavy (non-hydrogen) atoms. The van der Waals surface area contributed by atoms with Crippen molar-refractivity contribution in [1.82, 2.24) is 0 Å². The van der Waals surface area contributed by atoms with Gasteiger partial charge < -0.3 is 4.74 Å². The van der Waals surface area contributed by atoms with Gasteiger partial charge in [-0.1, -0.05) is 24.4 Å². The number of hydrogen-bond donors (Lipinski definition) is 0. The van der Waals surface area contributed by atoms with Gasteiger partial charge in [-0.2, -0.15) is 0 Å². The first-order valence-electron chi connectivity index (χ1n) is 7.67. The molecule has 1 aromatic carbocycles. The third-order valence-corrected chi connectivity index (χ3v) is 5.97. The second kappa shape index (κ2) is 5.97. The highest BCUT2D eigenvalue weighted by atomic mass is 79.9. The second-order valence-corrected chi connectivity index (χ2v) is 7.51. The molecule has 2 fully saturated rings. The fourth-order valence-corrected chi connectivity index (χ4v) is 4.19. The number of Topliss-reactive ketones (excluding diaryl/α,β-unsaturated/α-hetero) is 1. The monoisotopic (exact) mass is 384 g/mol. The van der Waals surface area contributed by atoms with E-state index in [0.29, 0.717) is 23.4 Å². The van der Waals surface area contributed by atoms with Gasteiger partial charge in [0.05, 0.1) is 5.02 Å². The third kappa shape index (κ3) is 2.61. The Hall–Kier alpha value is -0.870. The minimum absolute atomic E-state index is 0.0825. The lowest BCUT2D eigenvalue weighted by Gasteiger charge is -2.24. The average Bonchev–Trinajstić information content (AvgIpc) is 2.64. The number of halogens is 2. The van der Waals surface area contributed by atoms with Crippen LogP contribution in [0.3, 0.4) is 0 Å². The first kappa shape index (κ1) is 16.0. The van der Waals surface area contributed by atoms with Gasteiger partial charge in [0.2, 0.25) is 0 Å². The summed E-state index contributed by atoms with van der Waals surface area (Å²) in [5.74, 6) is -1.34. The summed E-state index contributed by atoms with van der Waals surface area (Å²) in [6.07, 6.45) is 5.37. The molecule has 118 valence electrons. The molecule has 1 atom stereocenters. The molecule has 0 bridgehead atoms.